The van der Waals surface area contributed by atoms with Crippen LogP contribution in [0, 0.1) is 0 Å². The van der Waals surface area contributed by atoms with E-state index in [1.807, 2.05) is 0 Å². The van der Waals surface area contributed by atoms with Gasteiger partial charge in [-0.1, -0.05) is 34.8 Å². The molecule has 1 atom stereocenters. The molecule has 0 rings (SSSR count). The van der Waals surface area contributed by atoms with Crippen molar-refractivity contribution in [3.05, 3.63) is 0 Å². The molecule has 0 aliphatic heterocycles. The van der Waals surface area contributed by atoms with Crippen LogP contribution in [-0.4, -0.2) is 30.8 Å². The van der Waals surface area contributed by atoms with Gasteiger partial charge in [-0.2, -0.15) is 4.58 Å². The Labute approximate surface area is 109 Å². The van der Waals surface area contributed by atoms with Gasteiger partial charge in [0.2, 0.25) is 0 Å². The molecule has 0 aliphatic carbocycles. The normalized spacial score (nSPS) is 16.4. The van der Waals surface area contributed by atoms with Gasteiger partial charge in [0.05, 0.1) is 18.5 Å². The van der Waals surface area contributed by atoms with Gasteiger partial charge < -0.3 is 9.22 Å². The van der Waals surface area contributed by atoms with E-state index in [-0.39, 0.29) is 19.6 Å². The average Bonchev–Trinajstić information content (AvgIpc) is 2.12. The van der Waals surface area contributed by atoms with Gasteiger partial charge in [-0.05, 0) is 6.92 Å². The first-order valence-corrected chi connectivity index (χ1v) is 6.98. The number of rotatable bonds is 7. The first kappa shape index (κ1) is 16.2. The number of halogens is 4. The number of hydrogen-bond acceptors (Lipinski definition) is 5. The fourth-order valence-corrected chi connectivity index (χ4v) is 1.67. The van der Waals surface area contributed by atoms with Crippen LogP contribution in [0.2, 0.25) is 0 Å². The minimum absolute atomic E-state index is 0.0564. The third-order valence-corrected chi connectivity index (χ3v) is 3.39. The van der Waals surface area contributed by atoms with Crippen LogP contribution >= 0.6 is 46.7 Å². The highest BCUT2D eigenvalue weighted by Crippen LogP contribution is 2.29. The van der Waals surface area contributed by atoms with Gasteiger partial charge in [0.25, 0.3) is 0 Å². The largest absolute Gasteiger partial charge is 0.722 e. The van der Waals surface area contributed by atoms with Crippen LogP contribution < -0.4 is 0 Å². The molecule has 0 saturated carbocycles. The summed E-state index contributed by atoms with van der Waals surface area (Å²) in [6.45, 7) is 1.72. The van der Waals surface area contributed by atoms with E-state index in [9.17, 15) is 4.80 Å². The molecular formula is C5H10Cl4O5Si. The van der Waals surface area contributed by atoms with Crippen LogP contribution in [0.25, 0.3) is 0 Å². The van der Waals surface area contributed by atoms with E-state index in [0.717, 1.165) is 0 Å². The lowest BCUT2D eigenvalue weighted by Crippen LogP contribution is -2.44. The molecule has 15 heavy (non-hydrogen) atoms. The zero-order chi connectivity index (χ0) is 11.9. The van der Waals surface area contributed by atoms with Crippen LogP contribution in [-0.2, 0) is 17.9 Å². The molecule has 0 fully saturated rings. The van der Waals surface area contributed by atoms with Crippen LogP contribution in [0.4, 0.5) is 0 Å². The van der Waals surface area contributed by atoms with E-state index in [0.29, 0.717) is 0 Å². The molecule has 1 unspecified atom stereocenters. The van der Waals surface area contributed by atoms with Crippen LogP contribution in [0.5, 0.6) is 0 Å². The van der Waals surface area contributed by atoms with Gasteiger partial charge in [-0.15, -0.1) is 0 Å². The summed E-state index contributed by atoms with van der Waals surface area (Å²) in [4.78, 5) is 13.9. The summed E-state index contributed by atoms with van der Waals surface area (Å²) < 4.78 is 11.8. The summed E-state index contributed by atoms with van der Waals surface area (Å²) in [6, 6.07) is 0. The first-order valence-electron chi connectivity index (χ1n) is 3.86. The quantitative estimate of drug-likeness (QED) is 0.256. The molecule has 0 radical (unpaired) electrons. The van der Waals surface area contributed by atoms with Crippen molar-refractivity contribution in [2.45, 2.75) is 17.1 Å². The van der Waals surface area contributed by atoms with Gasteiger partial charge in [-0.25, -0.2) is 8.87 Å². The Bertz CT molecular complexity index is 179. The van der Waals surface area contributed by atoms with E-state index in [4.69, 9.17) is 51.1 Å². The highest BCUT2D eigenvalue weighted by atomic mass is 35.6. The Kier molecular flexibility index (Phi) is 8.08. The second-order valence-corrected chi connectivity index (χ2v) is 6.94. The summed E-state index contributed by atoms with van der Waals surface area (Å²) in [5, 5.41) is 0. The van der Waals surface area contributed by atoms with Crippen LogP contribution in [0.1, 0.15) is 13.3 Å². The average molecular weight is 320 g/mol. The molecule has 92 valence electrons. The third kappa shape index (κ3) is 8.93. The second-order valence-electron chi connectivity index (χ2n) is 2.30. The predicted octanol–water partition coefficient (Wildman–Crippen LogP) is 2.33. The molecule has 0 aromatic rings. The Morgan fingerprint density at radius 1 is 1.33 bits per heavy atom. The fourth-order valence-electron chi connectivity index (χ4n) is 0.515. The number of alkyl halides is 3. The van der Waals surface area contributed by atoms with Crippen molar-refractivity contribution in [3.63, 3.8) is 0 Å². The summed E-state index contributed by atoms with van der Waals surface area (Å²) >= 11 is 21.3. The van der Waals surface area contributed by atoms with Crippen molar-refractivity contribution in [3.8, 4) is 0 Å². The van der Waals surface area contributed by atoms with Crippen molar-refractivity contribution < 1.29 is 22.7 Å². The first-order chi connectivity index (χ1) is 6.83. The molecule has 0 aliphatic rings. The highest BCUT2D eigenvalue weighted by molar-refractivity contribution is 6.67. The zero-order valence-electron chi connectivity index (χ0n) is 7.71. The van der Waals surface area contributed by atoms with Gasteiger partial charge >= 0.3 is 9.05 Å². The maximum absolute atomic E-state index is 9.37. The monoisotopic (exact) mass is 318 g/mol. The van der Waals surface area contributed by atoms with Crippen molar-refractivity contribution in [2.75, 3.05) is 13.2 Å². The maximum Gasteiger partial charge on any atom is 0.722 e. The summed E-state index contributed by atoms with van der Waals surface area (Å²) in [6.07, 6.45) is 0.0799. The molecule has 0 heterocycles. The molecule has 0 saturated heterocycles. The Morgan fingerprint density at radius 2 is 1.93 bits per heavy atom. The van der Waals surface area contributed by atoms with E-state index < -0.39 is 12.8 Å². The smallest absolute Gasteiger partial charge is 0.365 e. The molecule has 0 aromatic heterocycles. The minimum Gasteiger partial charge on any atom is -0.365 e. The van der Waals surface area contributed by atoms with E-state index >= 15 is 0 Å². The molecule has 0 spiro atoms. The van der Waals surface area contributed by atoms with Crippen molar-refractivity contribution in [2.24, 2.45) is 0 Å². The molecule has 5 nitrogen and oxygen atoms in total. The fraction of sp³-hybridized carbons (Fsp3) is 1.00. The Balaban J connectivity index is 3.73. The van der Waals surface area contributed by atoms with Gasteiger partial charge in [0.15, 0.2) is 3.79 Å². The third-order valence-electron chi connectivity index (χ3n) is 1.06. The van der Waals surface area contributed by atoms with Crippen LogP contribution in [0.3, 0.4) is 0 Å². The number of hydrogen-bond donors (Lipinski definition) is 1. The summed E-state index contributed by atoms with van der Waals surface area (Å²) in [5.41, 5.74) is 0. The molecular weight excluding hydrogens is 310 g/mol. The zero-order valence-corrected chi connectivity index (χ0v) is 11.7. The van der Waals surface area contributed by atoms with Gasteiger partial charge in [-0.3, -0.25) is 0 Å². The van der Waals surface area contributed by atoms with E-state index in [2.05, 4.69) is 13.4 Å². The summed E-state index contributed by atoms with van der Waals surface area (Å²) in [5.74, 6) is 0. The molecule has 0 bridgehead atoms. The van der Waals surface area contributed by atoms with E-state index in [1.54, 1.807) is 6.92 Å². The van der Waals surface area contributed by atoms with Gasteiger partial charge in [0.1, 0.15) is 0 Å². The van der Waals surface area contributed by atoms with Gasteiger partial charge in [0, 0.05) is 13.0 Å². The predicted molar refractivity (Wildman–Crippen MR) is 58.5 cm³/mol. The van der Waals surface area contributed by atoms with E-state index in [1.165, 1.54) is 0 Å². The SMILES string of the molecule is CCO[Si](O)(OCl)OOCCC(Cl)(Cl)Cl. The van der Waals surface area contributed by atoms with Crippen molar-refractivity contribution >= 4 is 55.7 Å². The molecule has 0 aromatic carbocycles. The molecule has 1 N–H and O–H groups in total. The Morgan fingerprint density at radius 3 is 2.33 bits per heavy atom. The van der Waals surface area contributed by atoms with Crippen molar-refractivity contribution in [1.29, 1.82) is 0 Å². The maximum atomic E-state index is 9.37. The van der Waals surface area contributed by atoms with Crippen LogP contribution in [0.15, 0.2) is 0 Å². The second kappa shape index (κ2) is 7.49. The Hall–Kier alpha value is 1.18. The van der Waals surface area contributed by atoms with Crippen molar-refractivity contribution in [1.82, 2.24) is 0 Å². The summed E-state index contributed by atoms with van der Waals surface area (Å²) in [7, 11) is -3.91. The molecule has 10 heteroatoms. The lowest BCUT2D eigenvalue weighted by atomic mass is 10.5. The lowest BCUT2D eigenvalue weighted by molar-refractivity contribution is -0.263. The highest BCUT2D eigenvalue weighted by Gasteiger charge is 2.43. The minimum atomic E-state index is -3.91. The molecule has 0 amide bonds. The standard InChI is InChI=1S/C5H10Cl4O5Si/c1-2-12-15(10,13-9)14-11-4-3-5(6,7)8/h10H,2-4H2,1H3. The topological polar surface area (TPSA) is 57.2 Å². The lowest BCUT2D eigenvalue weighted by Gasteiger charge is -2.17.